The minimum Gasteiger partial charge on any atom is -0.502 e. The molecule has 334 valence electrons. The van der Waals surface area contributed by atoms with Gasteiger partial charge in [-0.25, -0.2) is 0 Å². The summed E-state index contributed by atoms with van der Waals surface area (Å²) < 4.78 is 0. The largest absolute Gasteiger partial charge is 0.502 e. The van der Waals surface area contributed by atoms with Gasteiger partial charge in [-0.05, 0) is 12.1 Å². The molecule has 5 aromatic rings. The number of aliphatic imine (C=N–C) groups is 4. The third kappa shape index (κ3) is 9.86. The Morgan fingerprint density at radius 3 is 0.636 bits per heavy atom. The minimum atomic E-state index is -1.18. The summed E-state index contributed by atoms with van der Waals surface area (Å²) in [6.45, 7) is 0. The summed E-state index contributed by atoms with van der Waals surface area (Å²) in [5.41, 5.74) is -13.4. The number of aromatic hydroxyl groups is 4. The van der Waals surface area contributed by atoms with E-state index in [0.29, 0.717) is 73.4 Å². The van der Waals surface area contributed by atoms with Crippen LogP contribution in [0.4, 0.5) is 68.2 Å². The summed E-state index contributed by atoms with van der Waals surface area (Å²) in [5, 5.41) is 135. The van der Waals surface area contributed by atoms with Crippen LogP contribution in [0, 0.1) is 80.9 Å². The van der Waals surface area contributed by atoms with Gasteiger partial charge in [0.25, 0.3) is 22.7 Å². The maximum Gasteiger partial charge on any atom is 0.318 e. The van der Waals surface area contributed by atoms with E-state index in [-0.39, 0.29) is 0 Å². The monoisotopic (exact) mass is 914 g/mol. The summed E-state index contributed by atoms with van der Waals surface area (Å²) >= 11 is 0. The first-order valence-electron chi connectivity index (χ1n) is 17.0. The quantitative estimate of drug-likeness (QED) is 0.0450. The summed E-state index contributed by atoms with van der Waals surface area (Å²) in [5.74, 6) is -4.66. The lowest BCUT2D eigenvalue weighted by atomic mass is 10.1. The van der Waals surface area contributed by atoms with E-state index in [9.17, 15) is 101 Å². The van der Waals surface area contributed by atoms with Gasteiger partial charge in [-0.3, -0.25) is 101 Å². The fourth-order valence-electron chi connectivity index (χ4n) is 5.40. The molecule has 0 unspecified atom stereocenters. The van der Waals surface area contributed by atoms with Crippen molar-refractivity contribution in [2.24, 2.45) is 20.0 Å². The lowest BCUT2D eigenvalue weighted by Gasteiger charge is -2.08. The van der Waals surface area contributed by atoms with Crippen molar-refractivity contribution in [1.82, 2.24) is 0 Å². The van der Waals surface area contributed by atoms with Crippen molar-refractivity contribution < 1.29 is 59.8 Å². The van der Waals surface area contributed by atoms with Crippen LogP contribution in [0.5, 0.6) is 23.0 Å². The van der Waals surface area contributed by atoms with E-state index in [2.05, 4.69) is 20.0 Å². The number of hydrogen-bond donors (Lipinski definition) is 4. The Morgan fingerprint density at radius 2 is 0.485 bits per heavy atom. The van der Waals surface area contributed by atoms with Crippen molar-refractivity contribution in [2.45, 2.75) is 0 Å². The third-order valence-corrected chi connectivity index (χ3v) is 8.49. The summed E-state index contributed by atoms with van der Waals surface area (Å²) in [4.78, 5) is 99.9. The smallest absolute Gasteiger partial charge is 0.318 e. The highest BCUT2D eigenvalue weighted by atomic mass is 16.7. The molecular formula is C34H18N12O20. The van der Waals surface area contributed by atoms with E-state index in [1.807, 2.05) is 0 Å². The Balaban J connectivity index is 1.88. The van der Waals surface area contributed by atoms with Crippen molar-refractivity contribution in [3.63, 3.8) is 0 Å². The van der Waals surface area contributed by atoms with Gasteiger partial charge >= 0.3 is 22.7 Å². The van der Waals surface area contributed by atoms with Crippen LogP contribution in [0.2, 0.25) is 0 Å². The lowest BCUT2D eigenvalue weighted by Crippen LogP contribution is -1.97. The van der Waals surface area contributed by atoms with Crippen LogP contribution in [0.25, 0.3) is 0 Å². The molecule has 0 saturated carbocycles. The van der Waals surface area contributed by atoms with Gasteiger partial charge in [0.15, 0.2) is 0 Å². The fourth-order valence-corrected chi connectivity index (χ4v) is 5.40. The van der Waals surface area contributed by atoms with Crippen molar-refractivity contribution in [1.29, 1.82) is 0 Å². The predicted molar refractivity (Wildman–Crippen MR) is 221 cm³/mol. The Kier molecular flexibility index (Phi) is 12.9. The molecule has 0 bridgehead atoms. The number of rotatable bonds is 16. The number of hydrogen-bond acceptors (Lipinski definition) is 24. The number of non-ortho nitro benzene ring substituents is 4. The average Bonchev–Trinajstić information content (AvgIpc) is 3.24. The summed E-state index contributed by atoms with van der Waals surface area (Å²) in [6, 6.07) is 5.85. The SMILES string of the molecule is O=[N+]([O-])c1cc(C=Nc2cc(N=Cc3cc([N+](=O)[O-])cc([N+](=O)[O-])c3O)c(N=Cc3cc([N+](=O)[O-])cc([N+](=O)[O-])c3O)cc2N=Cc2cc([N+](=O)[O-])cc([N+](=O)[O-])c2O)c(O)c([N+](=O)[O-])c1. The van der Waals surface area contributed by atoms with Gasteiger partial charge in [0.2, 0.25) is 23.0 Å². The molecule has 4 N–H and O–H groups in total. The minimum absolute atomic E-state index is 0.411. The maximum absolute atomic E-state index is 11.6. The van der Waals surface area contributed by atoms with Crippen LogP contribution in [0.3, 0.4) is 0 Å². The highest BCUT2D eigenvalue weighted by molar-refractivity contribution is 5.97. The molecule has 0 heterocycles. The predicted octanol–water partition coefficient (Wildman–Crippen LogP) is 6.78. The van der Waals surface area contributed by atoms with Crippen molar-refractivity contribution in [3.05, 3.63) is 164 Å². The first-order valence-corrected chi connectivity index (χ1v) is 17.0. The van der Waals surface area contributed by atoms with Crippen molar-refractivity contribution in [3.8, 4) is 23.0 Å². The summed E-state index contributed by atoms with van der Waals surface area (Å²) in [6.07, 6.45) is 2.41. The van der Waals surface area contributed by atoms with Crippen LogP contribution in [0.15, 0.2) is 80.6 Å². The molecule has 0 radical (unpaired) electrons. The molecule has 0 aromatic heterocycles. The molecular weight excluding hydrogens is 896 g/mol. The van der Waals surface area contributed by atoms with Crippen LogP contribution in [-0.4, -0.2) is 84.7 Å². The van der Waals surface area contributed by atoms with E-state index in [1.165, 1.54) is 0 Å². The number of nitrogens with zero attached hydrogens (tertiary/aromatic N) is 12. The molecule has 0 fully saturated rings. The highest BCUT2D eigenvalue weighted by Gasteiger charge is 2.27. The van der Waals surface area contributed by atoms with E-state index >= 15 is 0 Å². The van der Waals surface area contributed by atoms with Gasteiger partial charge in [0.05, 0.1) is 86.4 Å². The van der Waals surface area contributed by atoms with E-state index in [4.69, 9.17) is 0 Å². The van der Waals surface area contributed by atoms with Gasteiger partial charge in [0, 0.05) is 71.4 Å². The molecule has 0 spiro atoms. The zero-order valence-electron chi connectivity index (χ0n) is 31.8. The molecule has 32 heteroatoms. The first-order chi connectivity index (χ1) is 31.0. The third-order valence-electron chi connectivity index (χ3n) is 8.49. The fraction of sp³-hybridized carbons (Fsp3) is 0. The molecule has 0 amide bonds. The molecule has 0 atom stereocenters. The van der Waals surface area contributed by atoms with Crippen molar-refractivity contribution in [2.75, 3.05) is 0 Å². The lowest BCUT2D eigenvalue weighted by molar-refractivity contribution is -0.395. The van der Waals surface area contributed by atoms with E-state index in [0.717, 1.165) is 12.1 Å². The number of nitro groups is 8. The first kappa shape index (κ1) is 46.2. The van der Waals surface area contributed by atoms with E-state index < -0.39 is 153 Å². The molecule has 0 saturated heterocycles. The molecule has 0 aliphatic carbocycles. The van der Waals surface area contributed by atoms with Crippen LogP contribution >= 0.6 is 0 Å². The standard InChI is InChI=1S/C34H18N12O20/c47-31-15(1-19(39(51)52)5-27(31)43(59)60)11-35-23-9-25(37-13-17-3-21(41(55)56)7-29(33(17)49)45(63)64)26(38-14-18-4-22(42(57)58)8-30(34(18)50)46(65)66)10-24(23)36-12-16-2-20(40(53)54)6-28(32(16)48)44(61)62/h1-14,47-50H. The Labute approximate surface area is 359 Å². The highest BCUT2D eigenvalue weighted by Crippen LogP contribution is 2.43. The van der Waals surface area contributed by atoms with Crippen molar-refractivity contribution >= 4 is 93.1 Å². The second-order valence-electron chi connectivity index (χ2n) is 12.5. The second kappa shape index (κ2) is 18.4. The zero-order chi connectivity index (χ0) is 48.9. The normalized spacial score (nSPS) is 11.4. The number of phenolic OH excluding ortho intramolecular Hbond substituents is 4. The second-order valence-corrected chi connectivity index (χ2v) is 12.5. The van der Waals surface area contributed by atoms with Gasteiger partial charge in [-0.1, -0.05) is 0 Å². The summed E-state index contributed by atoms with van der Waals surface area (Å²) in [7, 11) is 0. The molecule has 5 aromatic carbocycles. The topological polar surface area (TPSA) is 475 Å². The number of benzene rings is 5. The Morgan fingerprint density at radius 1 is 0.303 bits per heavy atom. The van der Waals surface area contributed by atoms with E-state index in [1.54, 1.807) is 0 Å². The average molecular weight is 915 g/mol. The van der Waals surface area contributed by atoms with Crippen LogP contribution in [-0.2, 0) is 0 Å². The Hall–Kier alpha value is -10.8. The molecule has 32 nitrogen and oxygen atoms in total. The van der Waals surface area contributed by atoms with Gasteiger partial charge in [0.1, 0.15) is 0 Å². The molecule has 66 heavy (non-hydrogen) atoms. The maximum atomic E-state index is 11.6. The van der Waals surface area contributed by atoms with Gasteiger partial charge < -0.3 is 20.4 Å². The number of phenols is 4. The zero-order valence-corrected chi connectivity index (χ0v) is 31.8. The van der Waals surface area contributed by atoms with Gasteiger partial charge in [-0.2, -0.15) is 0 Å². The van der Waals surface area contributed by atoms with Gasteiger partial charge in [-0.15, -0.1) is 0 Å². The Bertz CT molecular complexity index is 2720. The van der Waals surface area contributed by atoms with Crippen LogP contribution < -0.4 is 0 Å². The number of nitro benzene ring substituents is 8. The molecule has 5 rings (SSSR count). The molecule has 0 aliphatic rings. The molecule has 0 aliphatic heterocycles. The van der Waals surface area contributed by atoms with Crippen LogP contribution in [0.1, 0.15) is 22.3 Å².